The first kappa shape index (κ1) is 9.68. The summed E-state index contributed by atoms with van der Waals surface area (Å²) in [6.07, 6.45) is 2.88. The molecule has 2 atom stereocenters. The fourth-order valence-corrected chi connectivity index (χ4v) is 1.92. The molecule has 0 bridgehead atoms. The van der Waals surface area contributed by atoms with Crippen molar-refractivity contribution in [1.82, 2.24) is 10.5 Å². The van der Waals surface area contributed by atoms with Crippen LogP contribution in [0.25, 0.3) is 0 Å². The van der Waals surface area contributed by atoms with Crippen molar-refractivity contribution >= 4 is 0 Å². The fourth-order valence-electron chi connectivity index (χ4n) is 1.92. The minimum absolute atomic E-state index is 0.192. The van der Waals surface area contributed by atoms with E-state index < -0.39 is 0 Å². The zero-order chi connectivity index (χ0) is 9.97. The van der Waals surface area contributed by atoms with Gasteiger partial charge in [-0.05, 0) is 26.2 Å². The summed E-state index contributed by atoms with van der Waals surface area (Å²) in [6, 6.07) is 2.14. The van der Waals surface area contributed by atoms with Crippen LogP contribution >= 0.6 is 0 Å². The number of aromatic nitrogens is 1. The Kier molecular flexibility index (Phi) is 2.84. The summed E-state index contributed by atoms with van der Waals surface area (Å²) in [6.45, 7) is 2.56. The van der Waals surface area contributed by atoms with Crippen molar-refractivity contribution in [3.63, 3.8) is 0 Å². The molecule has 1 saturated carbocycles. The molecule has 1 aromatic rings. The first-order chi connectivity index (χ1) is 6.75. The van der Waals surface area contributed by atoms with Gasteiger partial charge in [0.2, 0.25) is 0 Å². The van der Waals surface area contributed by atoms with Crippen molar-refractivity contribution in [3.8, 4) is 0 Å². The maximum atomic E-state index is 9.57. The first-order valence-electron chi connectivity index (χ1n) is 5.09. The molecule has 0 aromatic carbocycles. The van der Waals surface area contributed by atoms with Crippen molar-refractivity contribution < 1.29 is 9.63 Å². The number of rotatable bonds is 3. The summed E-state index contributed by atoms with van der Waals surface area (Å²) in [5.74, 6) is 0.828. The van der Waals surface area contributed by atoms with Crippen molar-refractivity contribution in [2.24, 2.45) is 0 Å². The Morgan fingerprint density at radius 2 is 2.50 bits per heavy atom. The molecule has 1 fully saturated rings. The van der Waals surface area contributed by atoms with Crippen LogP contribution in [0.3, 0.4) is 0 Å². The molecule has 0 saturated heterocycles. The van der Waals surface area contributed by atoms with Crippen LogP contribution in [-0.2, 0) is 6.54 Å². The molecular formula is C10H16N2O2. The summed E-state index contributed by atoms with van der Waals surface area (Å²) in [7, 11) is 0. The van der Waals surface area contributed by atoms with Gasteiger partial charge in [0.1, 0.15) is 5.76 Å². The van der Waals surface area contributed by atoms with Crippen LogP contribution in [0.2, 0.25) is 0 Å². The molecule has 2 rings (SSSR count). The van der Waals surface area contributed by atoms with E-state index in [1.165, 1.54) is 0 Å². The Hall–Kier alpha value is -0.870. The summed E-state index contributed by atoms with van der Waals surface area (Å²) >= 11 is 0. The van der Waals surface area contributed by atoms with E-state index in [1.807, 2.05) is 13.0 Å². The lowest BCUT2D eigenvalue weighted by Gasteiger charge is -2.14. The van der Waals surface area contributed by atoms with Gasteiger partial charge in [-0.15, -0.1) is 0 Å². The number of aryl methyl sites for hydroxylation is 1. The van der Waals surface area contributed by atoms with Gasteiger partial charge in [0.15, 0.2) is 0 Å². The molecule has 1 aromatic heterocycles. The molecule has 0 unspecified atom stereocenters. The average molecular weight is 196 g/mol. The van der Waals surface area contributed by atoms with Crippen LogP contribution in [-0.4, -0.2) is 22.4 Å². The zero-order valence-corrected chi connectivity index (χ0v) is 8.36. The predicted octanol–water partition coefficient (Wildman–Crippen LogP) is 0.986. The van der Waals surface area contributed by atoms with Gasteiger partial charge in [-0.25, -0.2) is 0 Å². The second-order valence-electron chi connectivity index (χ2n) is 3.91. The molecule has 4 nitrogen and oxygen atoms in total. The third kappa shape index (κ3) is 2.13. The van der Waals surface area contributed by atoms with Gasteiger partial charge in [-0.1, -0.05) is 5.16 Å². The largest absolute Gasteiger partial charge is 0.392 e. The van der Waals surface area contributed by atoms with E-state index in [1.54, 1.807) is 0 Å². The van der Waals surface area contributed by atoms with Crippen molar-refractivity contribution in [3.05, 3.63) is 17.5 Å². The minimum Gasteiger partial charge on any atom is -0.392 e. The third-order valence-electron chi connectivity index (χ3n) is 2.70. The molecule has 78 valence electrons. The van der Waals surface area contributed by atoms with E-state index in [0.29, 0.717) is 6.54 Å². The average Bonchev–Trinajstić information content (AvgIpc) is 2.72. The molecule has 0 radical (unpaired) electrons. The lowest BCUT2D eigenvalue weighted by molar-refractivity contribution is 0.148. The summed E-state index contributed by atoms with van der Waals surface area (Å²) < 4.78 is 4.95. The zero-order valence-electron chi connectivity index (χ0n) is 8.36. The molecule has 0 amide bonds. The first-order valence-corrected chi connectivity index (χ1v) is 5.09. The highest BCUT2D eigenvalue weighted by Gasteiger charge is 2.24. The normalized spacial score (nSPS) is 27.0. The quantitative estimate of drug-likeness (QED) is 0.756. The minimum atomic E-state index is -0.192. The van der Waals surface area contributed by atoms with Gasteiger partial charge in [0.05, 0.1) is 11.8 Å². The van der Waals surface area contributed by atoms with Crippen LogP contribution in [0.4, 0.5) is 0 Å². The lowest BCUT2D eigenvalue weighted by Crippen LogP contribution is -2.35. The van der Waals surface area contributed by atoms with Crippen molar-refractivity contribution in [1.29, 1.82) is 0 Å². The van der Waals surface area contributed by atoms with Crippen molar-refractivity contribution in [2.45, 2.75) is 44.9 Å². The van der Waals surface area contributed by atoms with Gasteiger partial charge < -0.3 is 14.9 Å². The summed E-state index contributed by atoms with van der Waals surface area (Å²) in [4.78, 5) is 0. The number of hydrogen-bond donors (Lipinski definition) is 2. The van der Waals surface area contributed by atoms with E-state index in [9.17, 15) is 5.11 Å². The molecule has 1 aliphatic rings. The lowest BCUT2D eigenvalue weighted by atomic mass is 10.2. The predicted molar refractivity (Wildman–Crippen MR) is 51.7 cm³/mol. The Morgan fingerprint density at radius 1 is 1.64 bits per heavy atom. The summed E-state index contributed by atoms with van der Waals surface area (Å²) in [5.41, 5.74) is 0.904. The molecule has 14 heavy (non-hydrogen) atoms. The van der Waals surface area contributed by atoms with Gasteiger partial charge in [0.25, 0.3) is 0 Å². The van der Waals surface area contributed by atoms with Crippen molar-refractivity contribution in [2.75, 3.05) is 0 Å². The standard InChI is InChI=1S/C10H16N2O2/c1-7-5-8(12-14-7)6-11-9-3-2-4-10(9)13/h5,9-11,13H,2-4,6H2,1H3/t9-,10-/m1/s1. The van der Waals surface area contributed by atoms with Crippen LogP contribution in [0.15, 0.2) is 10.6 Å². The van der Waals surface area contributed by atoms with E-state index >= 15 is 0 Å². The highest BCUT2D eigenvalue weighted by atomic mass is 16.5. The highest BCUT2D eigenvalue weighted by Crippen LogP contribution is 2.19. The van der Waals surface area contributed by atoms with E-state index in [4.69, 9.17) is 4.52 Å². The van der Waals surface area contributed by atoms with Crippen LogP contribution in [0, 0.1) is 6.92 Å². The highest BCUT2D eigenvalue weighted by molar-refractivity contribution is 5.03. The van der Waals surface area contributed by atoms with E-state index in [-0.39, 0.29) is 12.1 Å². The monoisotopic (exact) mass is 196 g/mol. The molecular weight excluding hydrogens is 180 g/mol. The van der Waals surface area contributed by atoms with Gasteiger partial charge >= 0.3 is 0 Å². The second kappa shape index (κ2) is 4.11. The van der Waals surface area contributed by atoms with Crippen LogP contribution in [0.1, 0.15) is 30.7 Å². The smallest absolute Gasteiger partial charge is 0.133 e. The number of hydrogen-bond acceptors (Lipinski definition) is 4. The molecule has 4 heteroatoms. The molecule has 0 spiro atoms. The van der Waals surface area contributed by atoms with E-state index in [0.717, 1.165) is 30.7 Å². The van der Waals surface area contributed by atoms with Gasteiger partial charge in [-0.2, -0.15) is 0 Å². The third-order valence-corrected chi connectivity index (χ3v) is 2.70. The molecule has 2 N–H and O–H groups in total. The maximum absolute atomic E-state index is 9.57. The number of aliphatic hydroxyl groups excluding tert-OH is 1. The van der Waals surface area contributed by atoms with Crippen LogP contribution < -0.4 is 5.32 Å². The Balaban J connectivity index is 1.82. The van der Waals surface area contributed by atoms with Crippen LogP contribution in [0.5, 0.6) is 0 Å². The summed E-state index contributed by atoms with van der Waals surface area (Å²) in [5, 5.41) is 16.7. The Labute approximate surface area is 83.3 Å². The molecule has 1 heterocycles. The number of aliphatic hydroxyl groups is 1. The maximum Gasteiger partial charge on any atom is 0.133 e. The Morgan fingerprint density at radius 3 is 3.07 bits per heavy atom. The van der Waals surface area contributed by atoms with Gasteiger partial charge in [-0.3, -0.25) is 0 Å². The Bertz CT molecular complexity index is 298. The molecule has 1 aliphatic carbocycles. The van der Waals surface area contributed by atoms with Gasteiger partial charge in [0, 0.05) is 18.7 Å². The number of nitrogens with one attached hydrogen (secondary N) is 1. The SMILES string of the molecule is Cc1cc(CN[C@@H]2CCC[C@H]2O)no1. The number of nitrogens with zero attached hydrogens (tertiary/aromatic N) is 1. The van der Waals surface area contributed by atoms with E-state index in [2.05, 4.69) is 10.5 Å². The molecule has 0 aliphatic heterocycles. The topological polar surface area (TPSA) is 58.3 Å². The second-order valence-corrected chi connectivity index (χ2v) is 3.91. The fraction of sp³-hybridized carbons (Fsp3) is 0.700.